The summed E-state index contributed by atoms with van der Waals surface area (Å²) in [6.45, 7) is 0. The van der Waals surface area contributed by atoms with Gasteiger partial charge in [-0.05, 0) is 44.5 Å². The third-order valence-electron chi connectivity index (χ3n) is 6.69. The Hall–Kier alpha value is -3.06. The molecule has 154 valence electrons. The minimum absolute atomic E-state index is 1.00. The van der Waals surface area contributed by atoms with Gasteiger partial charge in [0, 0.05) is 0 Å². The molecule has 6 rings (SSSR count). The zero-order valence-electron chi connectivity index (χ0n) is 17.3. The van der Waals surface area contributed by atoms with E-state index < -0.39 is 9.75 Å². The van der Waals surface area contributed by atoms with Crippen molar-refractivity contribution in [1.82, 2.24) is 0 Å². The van der Waals surface area contributed by atoms with Crippen molar-refractivity contribution in [3.63, 3.8) is 0 Å². The van der Waals surface area contributed by atoms with Gasteiger partial charge in [0.05, 0.1) is 0 Å². The second-order valence-corrected chi connectivity index (χ2v) is 9.47. The summed E-state index contributed by atoms with van der Waals surface area (Å²) in [5.74, 6) is 0. The molecule has 0 spiro atoms. The van der Waals surface area contributed by atoms with E-state index in [0.717, 1.165) is 44.5 Å². The van der Waals surface area contributed by atoms with Crippen molar-refractivity contribution in [2.75, 3.05) is 0 Å². The van der Waals surface area contributed by atoms with E-state index in [1.165, 1.54) is 0 Å². The van der Waals surface area contributed by atoms with Gasteiger partial charge >= 0.3 is 0 Å². The first-order chi connectivity index (χ1) is 15.6. The van der Waals surface area contributed by atoms with E-state index in [9.17, 15) is 0 Å². The quantitative estimate of drug-likeness (QED) is 0.255. The van der Waals surface area contributed by atoms with Crippen LogP contribution in [0.3, 0.4) is 0 Å². The molecule has 0 fully saturated rings. The molecule has 2 aliphatic rings. The molecule has 4 aromatic carbocycles. The van der Waals surface area contributed by atoms with E-state index in [1.807, 2.05) is 48.5 Å². The molecule has 0 saturated heterocycles. The summed E-state index contributed by atoms with van der Waals surface area (Å²) in [6, 6.07) is 33.3. The molecule has 0 bridgehead atoms. The Morgan fingerprint density at radius 1 is 0.344 bits per heavy atom. The van der Waals surface area contributed by atoms with Gasteiger partial charge in [0.25, 0.3) is 0 Å². The van der Waals surface area contributed by atoms with Crippen molar-refractivity contribution in [1.29, 1.82) is 0 Å². The van der Waals surface area contributed by atoms with E-state index in [4.69, 9.17) is 23.2 Å². The van der Waals surface area contributed by atoms with Gasteiger partial charge in [-0.1, -0.05) is 121 Å². The molecule has 0 aliphatic heterocycles. The van der Waals surface area contributed by atoms with Gasteiger partial charge in [0.1, 0.15) is 9.75 Å². The number of halogens is 2. The van der Waals surface area contributed by atoms with Crippen LogP contribution in [0.4, 0.5) is 0 Å². The lowest BCUT2D eigenvalue weighted by atomic mass is 9.69. The van der Waals surface area contributed by atoms with E-state index in [2.05, 4.69) is 72.8 Å². The molecular weight excluding hydrogens is 431 g/mol. The first-order valence-corrected chi connectivity index (χ1v) is 11.5. The Balaban J connectivity index is 1.81. The molecule has 0 saturated carbocycles. The SMILES string of the molecule is ClC1(C2(Cl)c3ccccc3C=Cc3ccccc32)c2ccccc2C=Cc2ccccc21. The summed E-state index contributed by atoms with van der Waals surface area (Å²) in [4.78, 5) is -2.10. The second kappa shape index (κ2) is 7.24. The Morgan fingerprint density at radius 3 is 0.812 bits per heavy atom. The molecule has 0 amide bonds. The largest absolute Gasteiger partial charge is 0.123 e. The van der Waals surface area contributed by atoms with E-state index in [-0.39, 0.29) is 0 Å². The molecule has 4 aromatic rings. The van der Waals surface area contributed by atoms with Crippen molar-refractivity contribution < 1.29 is 0 Å². The molecule has 0 nitrogen and oxygen atoms in total. The molecule has 32 heavy (non-hydrogen) atoms. The normalized spacial score (nSPS) is 16.7. The number of alkyl halides is 2. The Bertz CT molecular complexity index is 1200. The summed E-state index contributed by atoms with van der Waals surface area (Å²) in [6.07, 6.45) is 8.58. The summed E-state index contributed by atoms with van der Waals surface area (Å²) >= 11 is 16.0. The highest BCUT2D eigenvalue weighted by molar-refractivity contribution is 6.38. The average molecular weight is 451 g/mol. The number of hydrogen-bond acceptors (Lipinski definition) is 0. The van der Waals surface area contributed by atoms with Crippen LogP contribution in [0.2, 0.25) is 0 Å². The average Bonchev–Trinajstić information content (AvgIpc) is 3.07. The van der Waals surface area contributed by atoms with Gasteiger partial charge in [-0.25, -0.2) is 0 Å². The van der Waals surface area contributed by atoms with Crippen LogP contribution in [0.5, 0.6) is 0 Å². The fourth-order valence-electron chi connectivity index (χ4n) is 5.22. The fraction of sp³-hybridized carbons (Fsp3) is 0.0667. The highest BCUT2D eigenvalue weighted by Crippen LogP contribution is 2.62. The summed E-state index contributed by atoms with van der Waals surface area (Å²) in [5, 5.41) is 0. The van der Waals surface area contributed by atoms with Crippen LogP contribution in [0.25, 0.3) is 24.3 Å². The third kappa shape index (κ3) is 2.57. The molecule has 0 unspecified atom stereocenters. The maximum atomic E-state index is 7.99. The Labute approximate surface area is 198 Å². The van der Waals surface area contributed by atoms with Crippen molar-refractivity contribution in [2.24, 2.45) is 0 Å². The summed E-state index contributed by atoms with van der Waals surface area (Å²) in [7, 11) is 0. The number of hydrogen-bond donors (Lipinski definition) is 0. The monoisotopic (exact) mass is 450 g/mol. The highest BCUT2D eigenvalue weighted by Gasteiger charge is 2.57. The van der Waals surface area contributed by atoms with Gasteiger partial charge in [-0.15, -0.1) is 23.2 Å². The van der Waals surface area contributed by atoms with Gasteiger partial charge in [-0.2, -0.15) is 0 Å². The zero-order chi connectivity index (χ0) is 21.8. The number of fused-ring (bicyclic) bond motifs is 4. The van der Waals surface area contributed by atoms with Crippen LogP contribution in [-0.2, 0) is 9.75 Å². The maximum Gasteiger partial charge on any atom is 0.123 e. The van der Waals surface area contributed by atoms with Crippen molar-refractivity contribution in [3.8, 4) is 0 Å². The minimum Gasteiger partial charge on any atom is -0.106 e. The van der Waals surface area contributed by atoms with Gasteiger partial charge in [0.2, 0.25) is 0 Å². The van der Waals surface area contributed by atoms with Crippen LogP contribution < -0.4 is 0 Å². The van der Waals surface area contributed by atoms with Crippen LogP contribution in [0.15, 0.2) is 97.1 Å². The zero-order valence-corrected chi connectivity index (χ0v) is 18.8. The fourth-order valence-corrected chi connectivity index (χ4v) is 6.31. The highest BCUT2D eigenvalue weighted by atomic mass is 35.5. The van der Waals surface area contributed by atoms with E-state index in [0.29, 0.717) is 0 Å². The molecule has 0 aromatic heterocycles. The van der Waals surface area contributed by atoms with Crippen LogP contribution in [0.1, 0.15) is 44.5 Å². The van der Waals surface area contributed by atoms with Gasteiger partial charge in [-0.3, -0.25) is 0 Å². The molecular formula is C30H20Cl2. The molecule has 0 heterocycles. The smallest absolute Gasteiger partial charge is 0.106 e. The molecule has 0 radical (unpaired) electrons. The number of benzene rings is 4. The maximum absolute atomic E-state index is 7.99. The second-order valence-electron chi connectivity index (χ2n) is 8.33. The number of rotatable bonds is 1. The molecule has 0 atom stereocenters. The molecule has 2 aliphatic carbocycles. The van der Waals surface area contributed by atoms with Gasteiger partial charge in [0.15, 0.2) is 0 Å². The first-order valence-electron chi connectivity index (χ1n) is 10.8. The van der Waals surface area contributed by atoms with Crippen LogP contribution in [0, 0.1) is 0 Å². The molecule has 2 heteroatoms. The molecule has 0 N–H and O–H groups in total. The lowest BCUT2D eigenvalue weighted by Gasteiger charge is -2.45. The summed E-state index contributed by atoms with van der Waals surface area (Å²) in [5.41, 5.74) is 8.32. The standard InChI is InChI=1S/C30H20Cl2/c31-29(25-13-5-1-9-21(25)17-18-22-10-2-6-14-26(22)29)30(32)27-15-7-3-11-23(27)19-20-24-12-4-8-16-28(24)30/h1-20H. The van der Waals surface area contributed by atoms with Crippen LogP contribution >= 0.6 is 23.2 Å². The van der Waals surface area contributed by atoms with Crippen molar-refractivity contribution in [2.45, 2.75) is 9.75 Å². The van der Waals surface area contributed by atoms with E-state index in [1.54, 1.807) is 0 Å². The van der Waals surface area contributed by atoms with Crippen molar-refractivity contribution in [3.05, 3.63) is 142 Å². The first kappa shape index (κ1) is 19.6. The summed E-state index contributed by atoms with van der Waals surface area (Å²) < 4.78 is 0. The van der Waals surface area contributed by atoms with Crippen molar-refractivity contribution >= 4 is 47.5 Å². The predicted octanol–water partition coefficient (Wildman–Crippen LogP) is 8.32. The minimum atomic E-state index is -1.05. The lowest BCUT2D eigenvalue weighted by molar-refractivity contribution is 0.559. The lowest BCUT2D eigenvalue weighted by Crippen LogP contribution is -2.44. The topological polar surface area (TPSA) is 0 Å². The van der Waals surface area contributed by atoms with Gasteiger partial charge < -0.3 is 0 Å². The predicted molar refractivity (Wildman–Crippen MR) is 137 cm³/mol. The Kier molecular flexibility index (Phi) is 4.43. The van der Waals surface area contributed by atoms with Crippen LogP contribution in [-0.4, -0.2) is 0 Å². The van der Waals surface area contributed by atoms with E-state index >= 15 is 0 Å². The third-order valence-corrected chi connectivity index (χ3v) is 8.17. The Morgan fingerprint density at radius 2 is 0.562 bits per heavy atom.